The lowest BCUT2D eigenvalue weighted by atomic mass is 9.93. The van der Waals surface area contributed by atoms with Crippen molar-refractivity contribution < 1.29 is 14.6 Å². The molecule has 2 N–H and O–H groups in total. The fourth-order valence-electron chi connectivity index (χ4n) is 2.88. The summed E-state index contributed by atoms with van der Waals surface area (Å²) >= 11 is 0. The van der Waals surface area contributed by atoms with Crippen LogP contribution in [0.5, 0.6) is 11.5 Å². The number of halogens is 1. The van der Waals surface area contributed by atoms with E-state index in [0.717, 1.165) is 25.1 Å². The van der Waals surface area contributed by atoms with E-state index in [9.17, 15) is 9.90 Å². The van der Waals surface area contributed by atoms with Crippen molar-refractivity contribution in [1.82, 2.24) is 10.2 Å². The molecule has 1 saturated heterocycles. The van der Waals surface area contributed by atoms with Crippen molar-refractivity contribution in [1.29, 1.82) is 0 Å². The third-order valence-corrected chi connectivity index (χ3v) is 4.31. The van der Waals surface area contributed by atoms with Gasteiger partial charge in [-0.25, -0.2) is 0 Å². The number of carbonyl (C=O) groups is 1. The quantitative estimate of drug-likeness (QED) is 0.834. The van der Waals surface area contributed by atoms with Crippen LogP contribution < -0.4 is 10.1 Å². The van der Waals surface area contributed by atoms with Gasteiger partial charge in [-0.15, -0.1) is 12.4 Å². The van der Waals surface area contributed by atoms with E-state index >= 15 is 0 Å². The number of methoxy groups -OCH3 is 1. The molecule has 0 radical (unpaired) electrons. The Morgan fingerprint density at radius 1 is 1.39 bits per heavy atom. The first-order chi connectivity index (χ1) is 10.6. The molecule has 1 heterocycles. The Labute approximate surface area is 144 Å². The van der Waals surface area contributed by atoms with Gasteiger partial charge in [-0.1, -0.05) is 6.07 Å². The van der Waals surface area contributed by atoms with Gasteiger partial charge in [-0.3, -0.25) is 4.79 Å². The maximum atomic E-state index is 12.2. The van der Waals surface area contributed by atoms with Crippen LogP contribution in [0.15, 0.2) is 18.2 Å². The third kappa shape index (κ3) is 5.92. The highest BCUT2D eigenvalue weighted by molar-refractivity contribution is 5.85. The summed E-state index contributed by atoms with van der Waals surface area (Å²) in [5.74, 6) is 1.39. The Morgan fingerprint density at radius 2 is 2.09 bits per heavy atom. The zero-order valence-corrected chi connectivity index (χ0v) is 14.7. The lowest BCUT2D eigenvalue weighted by molar-refractivity contribution is -0.130. The molecule has 2 rings (SSSR count). The van der Waals surface area contributed by atoms with E-state index < -0.39 is 0 Å². The predicted molar refractivity (Wildman–Crippen MR) is 93.2 cm³/mol. The van der Waals surface area contributed by atoms with Gasteiger partial charge in [0.1, 0.15) is 0 Å². The number of amides is 1. The van der Waals surface area contributed by atoms with Crippen LogP contribution in [-0.4, -0.2) is 43.2 Å². The summed E-state index contributed by atoms with van der Waals surface area (Å²) in [6.07, 6.45) is 3.91. The summed E-state index contributed by atoms with van der Waals surface area (Å²) in [6, 6.07) is 5.24. The molecule has 1 aromatic carbocycles. The van der Waals surface area contributed by atoms with Gasteiger partial charge in [0.25, 0.3) is 0 Å². The number of piperidine rings is 1. The maximum absolute atomic E-state index is 12.2. The molecule has 23 heavy (non-hydrogen) atoms. The average molecular weight is 343 g/mol. The highest BCUT2D eigenvalue weighted by Crippen LogP contribution is 2.26. The standard InChI is InChI=1S/C17H26N2O3.ClH/c1-19(12-14-3-5-16(22-2)15(20)11-14)17(21)6-4-13-7-9-18-10-8-13;/h3,5,11,13,18,20H,4,6-10,12H2,1-2H3;1H. The number of phenols is 1. The first-order valence-corrected chi connectivity index (χ1v) is 7.90. The minimum atomic E-state index is 0. The highest BCUT2D eigenvalue weighted by atomic mass is 35.5. The minimum absolute atomic E-state index is 0. The van der Waals surface area contributed by atoms with E-state index in [1.54, 1.807) is 17.0 Å². The van der Waals surface area contributed by atoms with Crippen LogP contribution >= 0.6 is 12.4 Å². The lowest BCUT2D eigenvalue weighted by Gasteiger charge is -2.23. The molecule has 130 valence electrons. The van der Waals surface area contributed by atoms with Crippen LogP contribution in [-0.2, 0) is 11.3 Å². The van der Waals surface area contributed by atoms with Crippen LogP contribution in [0.3, 0.4) is 0 Å². The van der Waals surface area contributed by atoms with E-state index in [0.29, 0.717) is 24.6 Å². The van der Waals surface area contributed by atoms with Crippen molar-refractivity contribution in [3.05, 3.63) is 23.8 Å². The number of aromatic hydroxyl groups is 1. The molecule has 0 bridgehead atoms. The van der Waals surface area contributed by atoms with Gasteiger partial charge in [0.15, 0.2) is 11.5 Å². The van der Waals surface area contributed by atoms with E-state index in [2.05, 4.69) is 5.32 Å². The molecule has 6 heteroatoms. The summed E-state index contributed by atoms with van der Waals surface area (Å²) in [5.41, 5.74) is 0.899. The second-order valence-corrected chi connectivity index (χ2v) is 5.99. The van der Waals surface area contributed by atoms with E-state index in [-0.39, 0.29) is 24.1 Å². The van der Waals surface area contributed by atoms with Gasteiger partial charge in [0.2, 0.25) is 5.91 Å². The molecule has 1 aromatic rings. The van der Waals surface area contributed by atoms with Crippen LogP contribution in [0, 0.1) is 5.92 Å². The Bertz CT molecular complexity index is 505. The van der Waals surface area contributed by atoms with Gasteiger partial charge >= 0.3 is 0 Å². The number of hydrogen-bond donors (Lipinski definition) is 2. The molecule has 1 aliphatic rings. The monoisotopic (exact) mass is 342 g/mol. The molecule has 1 amide bonds. The fraction of sp³-hybridized carbons (Fsp3) is 0.588. The SMILES string of the molecule is COc1ccc(CN(C)C(=O)CCC2CCNCC2)cc1O.Cl. The summed E-state index contributed by atoms with van der Waals surface area (Å²) in [4.78, 5) is 13.9. The number of rotatable bonds is 6. The Morgan fingerprint density at radius 3 is 2.70 bits per heavy atom. The van der Waals surface area contributed by atoms with Crippen molar-refractivity contribution >= 4 is 18.3 Å². The second kappa shape index (κ2) is 9.63. The number of phenolic OH excluding ortho intramolecular Hbond substituents is 1. The largest absolute Gasteiger partial charge is 0.504 e. The molecule has 0 aliphatic carbocycles. The molecule has 0 atom stereocenters. The lowest BCUT2D eigenvalue weighted by Crippen LogP contribution is -2.30. The highest BCUT2D eigenvalue weighted by Gasteiger charge is 2.16. The van der Waals surface area contributed by atoms with Gasteiger partial charge in [-0.05, 0) is 56.0 Å². The molecule has 0 saturated carbocycles. The first-order valence-electron chi connectivity index (χ1n) is 7.90. The third-order valence-electron chi connectivity index (χ3n) is 4.31. The second-order valence-electron chi connectivity index (χ2n) is 5.99. The normalized spacial score (nSPS) is 14.9. The smallest absolute Gasteiger partial charge is 0.222 e. The van der Waals surface area contributed by atoms with Crippen LogP contribution in [0.2, 0.25) is 0 Å². The summed E-state index contributed by atoms with van der Waals surface area (Å²) in [7, 11) is 3.33. The molecule has 5 nitrogen and oxygen atoms in total. The van der Waals surface area contributed by atoms with Gasteiger partial charge in [-0.2, -0.15) is 0 Å². The Kier molecular flexibility index (Phi) is 8.20. The molecular weight excluding hydrogens is 316 g/mol. The predicted octanol–water partition coefficient (Wildman–Crippen LogP) is 2.56. The number of hydrogen-bond acceptors (Lipinski definition) is 4. The Hall–Kier alpha value is -1.46. The molecule has 0 unspecified atom stereocenters. The summed E-state index contributed by atoms with van der Waals surface area (Å²) in [6.45, 7) is 2.64. The Balaban J connectivity index is 0.00000264. The number of nitrogens with zero attached hydrogens (tertiary/aromatic N) is 1. The molecule has 0 aromatic heterocycles. The van der Waals surface area contributed by atoms with Crippen LogP contribution in [0.4, 0.5) is 0 Å². The fourth-order valence-corrected chi connectivity index (χ4v) is 2.88. The number of benzene rings is 1. The first kappa shape index (κ1) is 19.6. The van der Waals surface area contributed by atoms with Crippen molar-refractivity contribution in [2.45, 2.75) is 32.2 Å². The zero-order chi connectivity index (χ0) is 15.9. The van der Waals surface area contributed by atoms with Gasteiger partial charge in [0, 0.05) is 20.0 Å². The van der Waals surface area contributed by atoms with E-state index in [1.807, 2.05) is 13.1 Å². The van der Waals surface area contributed by atoms with E-state index in [1.165, 1.54) is 20.0 Å². The average Bonchev–Trinajstić information content (AvgIpc) is 2.53. The van der Waals surface area contributed by atoms with Gasteiger partial charge in [0.05, 0.1) is 7.11 Å². The van der Waals surface area contributed by atoms with Crippen LogP contribution in [0.25, 0.3) is 0 Å². The van der Waals surface area contributed by atoms with Crippen molar-refractivity contribution in [2.75, 3.05) is 27.2 Å². The van der Waals surface area contributed by atoms with Gasteiger partial charge < -0.3 is 20.1 Å². The number of ether oxygens (including phenoxy) is 1. The van der Waals surface area contributed by atoms with E-state index in [4.69, 9.17) is 4.74 Å². The molecule has 0 spiro atoms. The number of nitrogens with one attached hydrogen (secondary N) is 1. The number of carbonyl (C=O) groups excluding carboxylic acids is 1. The zero-order valence-electron chi connectivity index (χ0n) is 13.9. The minimum Gasteiger partial charge on any atom is -0.504 e. The summed E-state index contributed by atoms with van der Waals surface area (Å²) < 4.78 is 5.02. The van der Waals surface area contributed by atoms with Crippen molar-refractivity contribution in [3.8, 4) is 11.5 Å². The molecular formula is C17H27ClN2O3. The maximum Gasteiger partial charge on any atom is 0.222 e. The topological polar surface area (TPSA) is 61.8 Å². The summed E-state index contributed by atoms with van der Waals surface area (Å²) in [5, 5.41) is 13.1. The van der Waals surface area contributed by atoms with Crippen LogP contribution in [0.1, 0.15) is 31.2 Å². The molecule has 1 fully saturated rings. The van der Waals surface area contributed by atoms with Crippen molar-refractivity contribution in [2.24, 2.45) is 5.92 Å². The van der Waals surface area contributed by atoms with Crippen molar-refractivity contribution in [3.63, 3.8) is 0 Å². The molecule has 1 aliphatic heterocycles.